The molecule has 2 aromatic heterocycles. The van der Waals surface area contributed by atoms with Gasteiger partial charge in [-0.1, -0.05) is 0 Å². The summed E-state index contributed by atoms with van der Waals surface area (Å²) in [7, 11) is 0. The number of nitrogens with two attached hydrogens (primary N) is 1. The molecule has 2 rings (SSSR count). The number of aliphatic hydroxyl groups excluding tert-OH is 1. The minimum Gasteiger partial charge on any atom is -0.394 e. The lowest BCUT2D eigenvalue weighted by Gasteiger charge is -2.20. The second kappa shape index (κ2) is 3.04. The van der Waals surface area contributed by atoms with Crippen LogP contribution in [0.5, 0.6) is 0 Å². The first-order chi connectivity index (χ1) is 6.65. The Balaban J connectivity index is 2.64. The van der Waals surface area contributed by atoms with Gasteiger partial charge in [0.1, 0.15) is 0 Å². The van der Waals surface area contributed by atoms with E-state index in [1.165, 1.54) is 0 Å². The molecule has 5 nitrogen and oxygen atoms in total. The number of hydrogen-bond acceptors (Lipinski definition) is 4. The zero-order valence-electron chi connectivity index (χ0n) is 7.88. The van der Waals surface area contributed by atoms with Gasteiger partial charge in [-0.05, 0) is 6.92 Å². The van der Waals surface area contributed by atoms with Crippen LogP contribution in [0.15, 0.2) is 24.8 Å². The third-order valence-corrected chi connectivity index (χ3v) is 2.23. The van der Waals surface area contributed by atoms with Crippen molar-refractivity contribution in [1.82, 2.24) is 14.4 Å². The Hall–Kier alpha value is -1.46. The second-order valence-electron chi connectivity index (χ2n) is 3.52. The van der Waals surface area contributed by atoms with Gasteiger partial charge >= 0.3 is 0 Å². The Labute approximate surface area is 81.2 Å². The third-order valence-electron chi connectivity index (χ3n) is 2.23. The highest BCUT2D eigenvalue weighted by Crippen LogP contribution is 2.17. The van der Waals surface area contributed by atoms with Crippen molar-refractivity contribution < 1.29 is 5.11 Å². The topological polar surface area (TPSA) is 76.4 Å². The van der Waals surface area contributed by atoms with E-state index in [2.05, 4.69) is 9.97 Å². The number of hydrogen-bond donors (Lipinski definition) is 2. The highest BCUT2D eigenvalue weighted by Gasteiger charge is 2.23. The first-order valence-corrected chi connectivity index (χ1v) is 4.32. The van der Waals surface area contributed by atoms with E-state index in [0.717, 1.165) is 11.3 Å². The standard InChI is InChI=1S/C9H12N4O/c1-9(10,6-14)7-4-12-8-5-11-2-3-13(7)8/h2-5,14H,6,10H2,1H3. The van der Waals surface area contributed by atoms with Gasteiger partial charge in [0.15, 0.2) is 5.65 Å². The van der Waals surface area contributed by atoms with Crippen LogP contribution in [0.4, 0.5) is 0 Å². The number of rotatable bonds is 2. The molecule has 0 saturated carbocycles. The van der Waals surface area contributed by atoms with Crippen molar-refractivity contribution in [2.75, 3.05) is 6.61 Å². The molecule has 0 bridgehead atoms. The van der Waals surface area contributed by atoms with Crippen LogP contribution in [-0.4, -0.2) is 26.1 Å². The van der Waals surface area contributed by atoms with E-state index in [0.29, 0.717) is 0 Å². The summed E-state index contributed by atoms with van der Waals surface area (Å²) >= 11 is 0. The Morgan fingerprint density at radius 2 is 2.36 bits per heavy atom. The SMILES string of the molecule is CC(N)(CO)c1cnc2cnccn12. The predicted molar refractivity (Wildman–Crippen MR) is 51.6 cm³/mol. The molecule has 5 heteroatoms. The fourth-order valence-corrected chi connectivity index (χ4v) is 1.35. The fraction of sp³-hybridized carbons (Fsp3) is 0.333. The normalized spacial score (nSPS) is 15.6. The summed E-state index contributed by atoms with van der Waals surface area (Å²) in [5.41, 5.74) is 6.64. The van der Waals surface area contributed by atoms with Crippen LogP contribution >= 0.6 is 0 Å². The minimum absolute atomic E-state index is 0.122. The first-order valence-electron chi connectivity index (χ1n) is 4.32. The van der Waals surface area contributed by atoms with Crippen molar-refractivity contribution in [2.45, 2.75) is 12.5 Å². The van der Waals surface area contributed by atoms with E-state index in [4.69, 9.17) is 10.8 Å². The van der Waals surface area contributed by atoms with Crippen molar-refractivity contribution in [3.63, 3.8) is 0 Å². The van der Waals surface area contributed by atoms with Crippen LogP contribution in [-0.2, 0) is 5.54 Å². The van der Waals surface area contributed by atoms with E-state index in [1.54, 1.807) is 31.7 Å². The third kappa shape index (κ3) is 1.26. The first kappa shape index (κ1) is 9.11. The molecule has 0 spiro atoms. The summed E-state index contributed by atoms with van der Waals surface area (Å²) in [6, 6.07) is 0. The molecule has 2 aromatic rings. The van der Waals surface area contributed by atoms with Gasteiger partial charge in [-0.25, -0.2) is 4.98 Å². The van der Waals surface area contributed by atoms with Crippen molar-refractivity contribution in [3.8, 4) is 0 Å². The molecular formula is C9H12N4O. The zero-order valence-corrected chi connectivity index (χ0v) is 7.88. The van der Waals surface area contributed by atoms with Gasteiger partial charge < -0.3 is 10.8 Å². The smallest absolute Gasteiger partial charge is 0.155 e. The Kier molecular flexibility index (Phi) is 1.98. The summed E-state index contributed by atoms with van der Waals surface area (Å²) < 4.78 is 1.82. The fourth-order valence-electron chi connectivity index (χ4n) is 1.35. The highest BCUT2D eigenvalue weighted by molar-refractivity contribution is 5.38. The maximum Gasteiger partial charge on any atom is 0.155 e. The summed E-state index contributed by atoms with van der Waals surface area (Å²) in [5, 5.41) is 9.14. The van der Waals surface area contributed by atoms with Gasteiger partial charge in [-0.2, -0.15) is 0 Å². The summed E-state index contributed by atoms with van der Waals surface area (Å²) in [6.07, 6.45) is 6.74. The molecule has 0 aliphatic carbocycles. The van der Waals surface area contributed by atoms with Crippen LogP contribution in [0.1, 0.15) is 12.6 Å². The molecule has 0 aliphatic rings. The Morgan fingerprint density at radius 3 is 3.07 bits per heavy atom. The monoisotopic (exact) mass is 192 g/mol. The number of aliphatic hydroxyl groups is 1. The maximum absolute atomic E-state index is 9.14. The average Bonchev–Trinajstić information content (AvgIpc) is 2.61. The summed E-state index contributed by atoms with van der Waals surface area (Å²) in [4.78, 5) is 8.09. The summed E-state index contributed by atoms with van der Waals surface area (Å²) in [5.74, 6) is 0. The maximum atomic E-state index is 9.14. The van der Waals surface area contributed by atoms with Crippen LogP contribution < -0.4 is 5.73 Å². The lowest BCUT2D eigenvalue weighted by atomic mass is 10.0. The van der Waals surface area contributed by atoms with E-state index in [1.807, 2.05) is 4.40 Å². The molecule has 2 heterocycles. The lowest BCUT2D eigenvalue weighted by Crippen LogP contribution is -2.38. The second-order valence-corrected chi connectivity index (χ2v) is 3.52. The minimum atomic E-state index is -0.777. The van der Waals surface area contributed by atoms with E-state index in [9.17, 15) is 0 Å². The molecule has 1 atom stereocenters. The lowest BCUT2D eigenvalue weighted by molar-refractivity contribution is 0.206. The molecule has 74 valence electrons. The van der Waals surface area contributed by atoms with Crippen molar-refractivity contribution >= 4 is 5.65 Å². The molecule has 0 aromatic carbocycles. The Bertz CT molecular complexity index is 449. The molecule has 0 radical (unpaired) electrons. The highest BCUT2D eigenvalue weighted by atomic mass is 16.3. The molecule has 0 aliphatic heterocycles. The van der Waals surface area contributed by atoms with Gasteiger partial charge in [-0.3, -0.25) is 9.38 Å². The molecular weight excluding hydrogens is 180 g/mol. The largest absolute Gasteiger partial charge is 0.394 e. The van der Waals surface area contributed by atoms with Gasteiger partial charge in [0.2, 0.25) is 0 Å². The zero-order chi connectivity index (χ0) is 10.2. The number of nitrogens with zero attached hydrogens (tertiary/aromatic N) is 3. The van der Waals surface area contributed by atoms with Gasteiger partial charge in [-0.15, -0.1) is 0 Å². The molecule has 0 saturated heterocycles. The predicted octanol–water partition coefficient (Wildman–Crippen LogP) is -0.105. The van der Waals surface area contributed by atoms with Crippen LogP contribution in [0, 0.1) is 0 Å². The van der Waals surface area contributed by atoms with E-state index < -0.39 is 5.54 Å². The van der Waals surface area contributed by atoms with Crippen molar-refractivity contribution in [1.29, 1.82) is 0 Å². The van der Waals surface area contributed by atoms with Gasteiger partial charge in [0.05, 0.1) is 30.2 Å². The molecule has 3 N–H and O–H groups in total. The summed E-state index contributed by atoms with van der Waals surface area (Å²) in [6.45, 7) is 1.64. The van der Waals surface area contributed by atoms with E-state index >= 15 is 0 Å². The number of fused-ring (bicyclic) bond motifs is 1. The van der Waals surface area contributed by atoms with Gasteiger partial charge in [0.25, 0.3) is 0 Å². The van der Waals surface area contributed by atoms with Crippen molar-refractivity contribution in [3.05, 3.63) is 30.5 Å². The number of imidazole rings is 1. The van der Waals surface area contributed by atoms with Crippen LogP contribution in [0.3, 0.4) is 0 Å². The van der Waals surface area contributed by atoms with Crippen LogP contribution in [0.2, 0.25) is 0 Å². The molecule has 1 unspecified atom stereocenters. The Morgan fingerprint density at radius 1 is 1.57 bits per heavy atom. The average molecular weight is 192 g/mol. The van der Waals surface area contributed by atoms with Gasteiger partial charge in [0, 0.05) is 12.4 Å². The molecule has 14 heavy (non-hydrogen) atoms. The quantitative estimate of drug-likeness (QED) is 0.696. The molecule has 0 amide bonds. The van der Waals surface area contributed by atoms with E-state index in [-0.39, 0.29) is 6.61 Å². The van der Waals surface area contributed by atoms with Crippen LogP contribution in [0.25, 0.3) is 5.65 Å². The number of aromatic nitrogens is 3. The molecule has 0 fully saturated rings. The van der Waals surface area contributed by atoms with Crippen molar-refractivity contribution in [2.24, 2.45) is 5.73 Å².